The third-order valence-electron chi connectivity index (χ3n) is 2.48. The minimum Gasteiger partial charge on any atom is -0.399 e. The molecule has 2 N–H and O–H groups in total. The van der Waals surface area contributed by atoms with E-state index >= 15 is 0 Å². The van der Waals surface area contributed by atoms with Crippen LogP contribution >= 0.6 is 0 Å². The van der Waals surface area contributed by atoms with Crippen LogP contribution in [0.3, 0.4) is 0 Å². The summed E-state index contributed by atoms with van der Waals surface area (Å²) in [6.07, 6.45) is 2.27. The molecule has 1 aromatic carbocycles. The summed E-state index contributed by atoms with van der Waals surface area (Å²) >= 11 is 0. The second-order valence-corrected chi connectivity index (χ2v) is 3.82. The van der Waals surface area contributed by atoms with Crippen molar-refractivity contribution in [3.63, 3.8) is 0 Å². The van der Waals surface area contributed by atoms with Gasteiger partial charge in [0, 0.05) is 17.7 Å². The van der Waals surface area contributed by atoms with E-state index in [2.05, 4.69) is 10.3 Å². The molecule has 1 aromatic heterocycles. The fourth-order valence-electron chi connectivity index (χ4n) is 1.45. The van der Waals surface area contributed by atoms with Crippen LogP contribution in [0.5, 0.6) is 0 Å². The zero-order valence-electron chi connectivity index (χ0n) is 9.63. The van der Waals surface area contributed by atoms with Gasteiger partial charge >= 0.3 is 0 Å². The number of nitrogen functional groups attached to an aromatic ring is 1. The van der Waals surface area contributed by atoms with Crippen molar-refractivity contribution < 1.29 is 4.79 Å². The molecule has 0 bridgehead atoms. The fourth-order valence-corrected chi connectivity index (χ4v) is 1.45. The quantitative estimate of drug-likeness (QED) is 0.808. The van der Waals surface area contributed by atoms with Crippen molar-refractivity contribution in [1.82, 2.24) is 15.0 Å². The Labute approximate surface area is 99.2 Å². The lowest BCUT2D eigenvalue weighted by molar-refractivity contribution is -0.119. The maximum absolute atomic E-state index is 11.3. The topological polar surface area (TPSA) is 73.8 Å². The first-order chi connectivity index (χ1) is 8.19. The van der Waals surface area contributed by atoms with Crippen LogP contribution in [0.4, 0.5) is 5.69 Å². The second kappa shape index (κ2) is 4.78. The predicted molar refractivity (Wildman–Crippen MR) is 65.2 cm³/mol. The first kappa shape index (κ1) is 11.3. The summed E-state index contributed by atoms with van der Waals surface area (Å²) < 4.78 is 1.55. The van der Waals surface area contributed by atoms with Crippen molar-refractivity contribution >= 4 is 11.5 Å². The fraction of sp³-hybridized carbons (Fsp3) is 0.250. The number of nitrogens with zero attached hydrogens (tertiary/aromatic N) is 3. The minimum atomic E-state index is 0.138. The molecule has 88 valence electrons. The number of benzene rings is 1. The van der Waals surface area contributed by atoms with Crippen molar-refractivity contribution in [2.75, 3.05) is 5.73 Å². The van der Waals surface area contributed by atoms with Crippen LogP contribution in [-0.2, 0) is 11.3 Å². The molecule has 0 atom stereocenters. The number of Topliss-reactive ketones (excluding diaryl/α,β-unsaturated/α-hetero) is 1. The maximum atomic E-state index is 11.3. The van der Waals surface area contributed by atoms with Crippen molar-refractivity contribution in [1.29, 1.82) is 0 Å². The SMILES string of the molecule is CCC(=O)Cn1cc(-c2ccc(N)cc2)nn1. The van der Waals surface area contributed by atoms with E-state index in [1.165, 1.54) is 0 Å². The molecule has 0 amide bonds. The van der Waals surface area contributed by atoms with Crippen LogP contribution in [0.15, 0.2) is 30.5 Å². The lowest BCUT2D eigenvalue weighted by Crippen LogP contribution is -2.09. The van der Waals surface area contributed by atoms with E-state index in [1.807, 2.05) is 31.2 Å². The number of anilines is 1. The van der Waals surface area contributed by atoms with Gasteiger partial charge in [-0.05, 0) is 12.1 Å². The summed E-state index contributed by atoms with van der Waals surface area (Å²) in [4.78, 5) is 11.3. The number of hydrogen-bond acceptors (Lipinski definition) is 4. The molecular weight excluding hydrogens is 216 g/mol. The van der Waals surface area contributed by atoms with Gasteiger partial charge in [-0.15, -0.1) is 5.10 Å². The summed E-state index contributed by atoms with van der Waals surface area (Å²) in [5, 5.41) is 7.94. The van der Waals surface area contributed by atoms with Crippen LogP contribution in [0.1, 0.15) is 13.3 Å². The van der Waals surface area contributed by atoms with E-state index in [0.29, 0.717) is 12.1 Å². The molecule has 5 heteroatoms. The highest BCUT2D eigenvalue weighted by Gasteiger charge is 2.06. The molecule has 2 aromatic rings. The number of hydrogen-bond donors (Lipinski definition) is 1. The summed E-state index contributed by atoms with van der Waals surface area (Å²) in [5.41, 5.74) is 8.00. The number of ketones is 1. The van der Waals surface area contributed by atoms with Gasteiger partial charge in [0.2, 0.25) is 0 Å². The number of rotatable bonds is 4. The molecule has 0 unspecified atom stereocenters. The summed E-state index contributed by atoms with van der Waals surface area (Å²) in [6.45, 7) is 2.11. The van der Waals surface area contributed by atoms with E-state index in [4.69, 9.17) is 5.73 Å². The standard InChI is InChI=1S/C12H14N4O/c1-2-11(17)7-16-8-12(14-15-16)9-3-5-10(13)6-4-9/h3-6,8H,2,7,13H2,1H3. The van der Waals surface area contributed by atoms with E-state index < -0.39 is 0 Å². The Balaban J connectivity index is 2.18. The predicted octanol–water partition coefficient (Wildman–Crippen LogP) is 1.51. The van der Waals surface area contributed by atoms with Crippen molar-refractivity contribution in [2.45, 2.75) is 19.9 Å². The van der Waals surface area contributed by atoms with Gasteiger partial charge in [-0.1, -0.05) is 24.3 Å². The van der Waals surface area contributed by atoms with Crippen LogP contribution < -0.4 is 5.73 Å². The Kier molecular flexibility index (Phi) is 3.18. The monoisotopic (exact) mass is 230 g/mol. The number of carbonyl (C=O) groups excluding carboxylic acids is 1. The van der Waals surface area contributed by atoms with Gasteiger partial charge in [0.15, 0.2) is 5.78 Å². The number of aromatic nitrogens is 3. The van der Waals surface area contributed by atoms with Gasteiger partial charge in [-0.2, -0.15) is 0 Å². The van der Waals surface area contributed by atoms with Crippen molar-refractivity contribution in [3.8, 4) is 11.3 Å². The zero-order chi connectivity index (χ0) is 12.3. The van der Waals surface area contributed by atoms with Gasteiger partial charge < -0.3 is 5.73 Å². The van der Waals surface area contributed by atoms with Gasteiger partial charge in [0.25, 0.3) is 0 Å². The highest BCUT2D eigenvalue weighted by Crippen LogP contribution is 2.17. The normalized spacial score (nSPS) is 10.4. The van der Waals surface area contributed by atoms with E-state index in [0.717, 1.165) is 11.3 Å². The Morgan fingerprint density at radius 2 is 2.06 bits per heavy atom. The molecule has 0 radical (unpaired) electrons. The molecule has 0 spiro atoms. The Morgan fingerprint density at radius 1 is 1.35 bits per heavy atom. The maximum Gasteiger partial charge on any atom is 0.154 e. The first-order valence-corrected chi connectivity index (χ1v) is 5.47. The van der Waals surface area contributed by atoms with Crippen LogP contribution in [0.2, 0.25) is 0 Å². The van der Waals surface area contributed by atoms with Gasteiger partial charge in [0.1, 0.15) is 12.2 Å². The molecule has 5 nitrogen and oxygen atoms in total. The highest BCUT2D eigenvalue weighted by molar-refractivity contribution is 5.77. The van der Waals surface area contributed by atoms with Crippen molar-refractivity contribution in [2.24, 2.45) is 0 Å². The van der Waals surface area contributed by atoms with E-state index in [1.54, 1.807) is 10.9 Å². The first-order valence-electron chi connectivity index (χ1n) is 5.47. The smallest absolute Gasteiger partial charge is 0.154 e. The average Bonchev–Trinajstić information content (AvgIpc) is 2.78. The molecular formula is C12H14N4O. The lowest BCUT2D eigenvalue weighted by atomic mass is 10.1. The Morgan fingerprint density at radius 3 is 2.71 bits per heavy atom. The Bertz CT molecular complexity index is 516. The minimum absolute atomic E-state index is 0.138. The average molecular weight is 230 g/mol. The largest absolute Gasteiger partial charge is 0.399 e. The second-order valence-electron chi connectivity index (χ2n) is 3.82. The molecule has 1 heterocycles. The highest BCUT2D eigenvalue weighted by atomic mass is 16.1. The van der Waals surface area contributed by atoms with E-state index in [-0.39, 0.29) is 12.3 Å². The van der Waals surface area contributed by atoms with Crippen LogP contribution in [0, 0.1) is 0 Å². The summed E-state index contributed by atoms with van der Waals surface area (Å²) in [5.74, 6) is 0.138. The zero-order valence-corrected chi connectivity index (χ0v) is 9.63. The number of nitrogens with two attached hydrogens (primary N) is 1. The molecule has 17 heavy (non-hydrogen) atoms. The van der Waals surface area contributed by atoms with Crippen LogP contribution in [0.25, 0.3) is 11.3 Å². The molecule has 0 aliphatic rings. The lowest BCUT2D eigenvalue weighted by Gasteiger charge is -1.97. The van der Waals surface area contributed by atoms with Gasteiger partial charge in [-0.3, -0.25) is 4.79 Å². The third kappa shape index (κ3) is 2.69. The van der Waals surface area contributed by atoms with Gasteiger partial charge in [-0.25, -0.2) is 4.68 Å². The number of carbonyl (C=O) groups is 1. The molecule has 2 rings (SSSR count). The summed E-state index contributed by atoms with van der Waals surface area (Å²) in [6, 6.07) is 7.38. The molecule has 0 aliphatic carbocycles. The van der Waals surface area contributed by atoms with Crippen LogP contribution in [-0.4, -0.2) is 20.8 Å². The van der Waals surface area contributed by atoms with Gasteiger partial charge in [0.05, 0.1) is 6.20 Å². The van der Waals surface area contributed by atoms with E-state index in [9.17, 15) is 4.79 Å². The Hall–Kier alpha value is -2.17. The molecule has 0 fully saturated rings. The molecule has 0 saturated carbocycles. The molecule has 0 saturated heterocycles. The third-order valence-corrected chi connectivity index (χ3v) is 2.48. The van der Waals surface area contributed by atoms with Crippen molar-refractivity contribution in [3.05, 3.63) is 30.5 Å². The molecule has 0 aliphatic heterocycles. The summed E-state index contributed by atoms with van der Waals surface area (Å²) in [7, 11) is 0.